The monoisotopic (exact) mass is 401 g/mol. The van der Waals surface area contributed by atoms with Gasteiger partial charge in [0.25, 0.3) is 0 Å². The minimum Gasteiger partial charge on any atom is -0.550 e. The fourth-order valence-corrected chi connectivity index (χ4v) is 6.90. The van der Waals surface area contributed by atoms with Crippen molar-refractivity contribution < 1.29 is 23.1 Å². The van der Waals surface area contributed by atoms with E-state index in [0.29, 0.717) is 15.9 Å². The second-order valence-electron chi connectivity index (χ2n) is 5.81. The summed E-state index contributed by atoms with van der Waals surface area (Å²) in [6, 6.07) is 6.50. The molecule has 2 atom stereocenters. The van der Waals surface area contributed by atoms with Gasteiger partial charge in [0.05, 0.1) is 17.5 Å². The second kappa shape index (κ2) is 6.97. The SMILES string of the molecule is O=C([O-])CCC(=O)N=C1S[C@@H]2CS(=O)(=O)C[C@H]2N1c1ccc(Cl)cc1. The predicted molar refractivity (Wildman–Crippen MR) is 94.4 cm³/mol. The molecule has 0 N–H and O–H groups in total. The fourth-order valence-electron chi connectivity index (χ4n) is 2.84. The van der Waals surface area contributed by atoms with E-state index >= 15 is 0 Å². The molecule has 1 aromatic carbocycles. The first-order chi connectivity index (χ1) is 11.7. The molecule has 3 rings (SSSR count). The van der Waals surface area contributed by atoms with Crippen LogP contribution >= 0.6 is 23.4 Å². The Morgan fingerprint density at radius 2 is 1.92 bits per heavy atom. The van der Waals surface area contributed by atoms with Crippen molar-refractivity contribution in [1.29, 1.82) is 0 Å². The van der Waals surface area contributed by atoms with Crippen LogP contribution in [0.1, 0.15) is 12.8 Å². The van der Waals surface area contributed by atoms with Gasteiger partial charge in [0.1, 0.15) is 0 Å². The lowest BCUT2D eigenvalue weighted by Gasteiger charge is -2.24. The Hall–Kier alpha value is -1.58. The van der Waals surface area contributed by atoms with Gasteiger partial charge in [-0.2, -0.15) is 4.99 Å². The number of rotatable bonds is 4. The van der Waals surface area contributed by atoms with Crippen LogP contribution in [0.3, 0.4) is 0 Å². The summed E-state index contributed by atoms with van der Waals surface area (Å²) >= 11 is 7.13. The number of carboxylic acid groups (broad SMARTS) is 1. The Morgan fingerprint density at radius 1 is 1.24 bits per heavy atom. The van der Waals surface area contributed by atoms with Gasteiger partial charge in [-0.05, 0) is 30.7 Å². The molecule has 0 unspecified atom stereocenters. The summed E-state index contributed by atoms with van der Waals surface area (Å²) < 4.78 is 23.9. The maximum absolute atomic E-state index is 11.9. The molecule has 2 aliphatic rings. The van der Waals surface area contributed by atoms with Gasteiger partial charge in [0.2, 0.25) is 5.91 Å². The van der Waals surface area contributed by atoms with Crippen molar-refractivity contribution in [3.63, 3.8) is 0 Å². The highest BCUT2D eigenvalue weighted by Gasteiger charge is 2.49. The summed E-state index contributed by atoms with van der Waals surface area (Å²) in [5.74, 6) is -1.88. The zero-order valence-corrected chi connectivity index (χ0v) is 15.3. The molecule has 2 aliphatic heterocycles. The number of sulfone groups is 1. The number of hydrogen-bond donors (Lipinski definition) is 0. The molecule has 1 amide bonds. The normalized spacial score (nSPS) is 26.0. The van der Waals surface area contributed by atoms with Gasteiger partial charge in [0, 0.05) is 28.4 Å². The molecule has 0 spiro atoms. The van der Waals surface area contributed by atoms with E-state index in [1.807, 2.05) is 0 Å². The van der Waals surface area contributed by atoms with Crippen LogP contribution in [0, 0.1) is 0 Å². The van der Waals surface area contributed by atoms with Gasteiger partial charge in [-0.3, -0.25) is 4.79 Å². The highest BCUT2D eigenvalue weighted by atomic mass is 35.5. The smallest absolute Gasteiger partial charge is 0.248 e. The fraction of sp³-hybridized carbons (Fsp3) is 0.400. The van der Waals surface area contributed by atoms with E-state index in [4.69, 9.17) is 11.6 Å². The third-order valence-electron chi connectivity index (χ3n) is 3.93. The van der Waals surface area contributed by atoms with Gasteiger partial charge in [-0.1, -0.05) is 23.4 Å². The number of amides is 1. The third kappa shape index (κ3) is 4.16. The number of aliphatic carboxylic acids is 1. The maximum Gasteiger partial charge on any atom is 0.248 e. The average Bonchev–Trinajstić information content (AvgIpc) is 2.97. The molecule has 134 valence electrons. The Balaban J connectivity index is 1.90. The van der Waals surface area contributed by atoms with Crippen LogP contribution in [0.25, 0.3) is 0 Å². The first kappa shape index (κ1) is 18.2. The zero-order chi connectivity index (χ0) is 18.2. The second-order valence-corrected chi connectivity index (χ2v) is 9.60. The number of anilines is 1. The van der Waals surface area contributed by atoms with E-state index < -0.39 is 28.1 Å². The molecule has 0 radical (unpaired) electrons. The maximum atomic E-state index is 11.9. The van der Waals surface area contributed by atoms with Crippen LogP contribution < -0.4 is 10.0 Å². The third-order valence-corrected chi connectivity index (χ3v) is 7.40. The molecule has 0 bridgehead atoms. The zero-order valence-electron chi connectivity index (χ0n) is 12.9. The van der Waals surface area contributed by atoms with E-state index in [9.17, 15) is 23.1 Å². The van der Waals surface area contributed by atoms with Crippen molar-refractivity contribution in [2.75, 3.05) is 16.4 Å². The summed E-state index contributed by atoms with van der Waals surface area (Å²) in [7, 11) is -3.14. The summed E-state index contributed by atoms with van der Waals surface area (Å²) in [6.07, 6.45) is -0.656. The number of aliphatic imine (C=N–C) groups is 1. The van der Waals surface area contributed by atoms with Crippen molar-refractivity contribution in [2.45, 2.75) is 24.1 Å². The van der Waals surface area contributed by atoms with E-state index in [-0.39, 0.29) is 29.2 Å². The van der Waals surface area contributed by atoms with Gasteiger partial charge in [-0.25, -0.2) is 8.42 Å². The van der Waals surface area contributed by atoms with Crippen LogP contribution in [0.15, 0.2) is 29.3 Å². The van der Waals surface area contributed by atoms with Gasteiger partial charge < -0.3 is 14.8 Å². The van der Waals surface area contributed by atoms with Crippen molar-refractivity contribution in [3.05, 3.63) is 29.3 Å². The van der Waals surface area contributed by atoms with Crippen LogP contribution in [0.2, 0.25) is 5.02 Å². The quantitative estimate of drug-likeness (QED) is 0.721. The molecule has 0 aromatic heterocycles. The minimum atomic E-state index is -3.14. The van der Waals surface area contributed by atoms with Crippen LogP contribution in [-0.4, -0.2) is 48.3 Å². The largest absolute Gasteiger partial charge is 0.550 e. The van der Waals surface area contributed by atoms with Crippen molar-refractivity contribution in [2.24, 2.45) is 4.99 Å². The van der Waals surface area contributed by atoms with Gasteiger partial charge in [-0.15, -0.1) is 0 Å². The van der Waals surface area contributed by atoms with Crippen molar-refractivity contribution in [1.82, 2.24) is 0 Å². The predicted octanol–water partition coefficient (Wildman–Crippen LogP) is 0.472. The van der Waals surface area contributed by atoms with Crippen molar-refractivity contribution in [3.8, 4) is 0 Å². The van der Waals surface area contributed by atoms with Gasteiger partial charge in [0.15, 0.2) is 15.0 Å². The summed E-state index contributed by atoms with van der Waals surface area (Å²) in [5, 5.41) is 11.2. The molecule has 7 nitrogen and oxygen atoms in total. The number of halogens is 1. The first-order valence-electron chi connectivity index (χ1n) is 7.48. The Bertz CT molecular complexity index is 838. The van der Waals surface area contributed by atoms with E-state index in [1.165, 1.54) is 11.8 Å². The first-order valence-corrected chi connectivity index (χ1v) is 10.6. The number of carboxylic acids is 1. The summed E-state index contributed by atoms with van der Waals surface area (Å²) in [4.78, 5) is 28.1. The average molecular weight is 402 g/mol. The topological polar surface area (TPSA) is 107 Å². The number of carbonyl (C=O) groups excluding carboxylic acids is 2. The van der Waals surface area contributed by atoms with Gasteiger partial charge >= 0.3 is 0 Å². The molecule has 2 saturated heterocycles. The number of thioether (sulfide) groups is 1. The standard InChI is InChI=1S/C15H15ClN2O5S2/c16-9-1-3-10(4-2-9)18-11-7-25(22,23)8-12(11)24-15(18)17-13(19)5-6-14(20)21/h1-4,11-12H,5-8H2,(H,20,21)/p-1/t11-,12-/m1/s1. The lowest BCUT2D eigenvalue weighted by molar-refractivity contribution is -0.305. The Morgan fingerprint density at radius 3 is 2.56 bits per heavy atom. The number of carbonyl (C=O) groups is 2. The van der Waals surface area contributed by atoms with Crippen molar-refractivity contribution >= 4 is 55.9 Å². The van der Waals surface area contributed by atoms with Crippen LogP contribution in [-0.2, 0) is 19.4 Å². The molecule has 10 heteroatoms. The number of nitrogens with zero attached hydrogens (tertiary/aromatic N) is 2. The lowest BCUT2D eigenvalue weighted by atomic mass is 10.2. The van der Waals surface area contributed by atoms with Crippen LogP contribution in [0.5, 0.6) is 0 Å². The van der Waals surface area contributed by atoms with E-state index in [0.717, 1.165) is 0 Å². The Labute approximate surface area is 154 Å². The molecular weight excluding hydrogens is 388 g/mol. The summed E-state index contributed by atoms with van der Waals surface area (Å²) in [6.45, 7) is 0. The molecule has 0 saturated carbocycles. The van der Waals surface area contributed by atoms with E-state index in [2.05, 4.69) is 4.99 Å². The number of benzene rings is 1. The number of hydrogen-bond acceptors (Lipinski definition) is 6. The number of amidine groups is 1. The van der Waals surface area contributed by atoms with Crippen LogP contribution in [0.4, 0.5) is 5.69 Å². The highest BCUT2D eigenvalue weighted by molar-refractivity contribution is 8.16. The number of fused-ring (bicyclic) bond motifs is 1. The molecule has 1 aromatic rings. The summed E-state index contributed by atoms with van der Waals surface area (Å²) in [5.41, 5.74) is 0.688. The molecule has 25 heavy (non-hydrogen) atoms. The molecule has 2 heterocycles. The Kier molecular flexibility index (Phi) is 5.08. The minimum absolute atomic E-state index is 0.0143. The molecule has 0 aliphatic carbocycles. The molecule has 2 fully saturated rings. The van der Waals surface area contributed by atoms with E-state index in [1.54, 1.807) is 29.2 Å². The lowest BCUT2D eigenvalue weighted by Crippen LogP contribution is -2.37. The molecular formula is C15H14ClN2O5S2-. The highest BCUT2D eigenvalue weighted by Crippen LogP contribution is 2.41.